The third-order valence-electron chi connectivity index (χ3n) is 4.32. The number of amides is 1. The van der Waals surface area contributed by atoms with Crippen molar-refractivity contribution in [2.75, 3.05) is 25.2 Å². The van der Waals surface area contributed by atoms with Crippen LogP contribution in [-0.4, -0.2) is 26.2 Å². The normalized spacial score (nSPS) is 19.3. The average molecular weight is 389 g/mol. The first-order valence-electron chi connectivity index (χ1n) is 7.87. The maximum Gasteiger partial charge on any atom is 0.255 e. The Balaban J connectivity index is 1.76. The van der Waals surface area contributed by atoms with Crippen molar-refractivity contribution in [1.29, 1.82) is 0 Å². The minimum absolute atomic E-state index is 0.0723. The van der Waals surface area contributed by atoms with Crippen LogP contribution in [0.4, 0.5) is 5.69 Å². The molecule has 0 aromatic heterocycles. The smallest absolute Gasteiger partial charge is 0.255 e. The Bertz CT molecular complexity index is 809. The van der Waals surface area contributed by atoms with Crippen molar-refractivity contribution in [2.24, 2.45) is 0 Å². The van der Waals surface area contributed by atoms with Crippen molar-refractivity contribution in [3.63, 3.8) is 0 Å². The van der Waals surface area contributed by atoms with Gasteiger partial charge in [-0.1, -0.05) is 12.1 Å². The van der Waals surface area contributed by atoms with Crippen LogP contribution in [0.15, 0.2) is 40.9 Å². The highest BCUT2D eigenvalue weighted by atomic mass is 79.9. The third-order valence-corrected chi connectivity index (χ3v) is 4.91. The predicted molar refractivity (Wildman–Crippen MR) is 94.8 cm³/mol. The third kappa shape index (κ3) is 2.51. The Morgan fingerprint density at radius 1 is 1.21 bits per heavy atom. The molecular weight excluding hydrogens is 372 g/mol. The van der Waals surface area contributed by atoms with E-state index < -0.39 is 0 Å². The van der Waals surface area contributed by atoms with Crippen LogP contribution >= 0.6 is 15.9 Å². The molecular formula is C18H17BrN2O3. The lowest BCUT2D eigenvalue weighted by molar-refractivity contribution is 0.0928. The fourth-order valence-corrected chi connectivity index (χ4v) is 3.70. The first kappa shape index (κ1) is 15.3. The second-order valence-corrected chi connectivity index (χ2v) is 6.74. The summed E-state index contributed by atoms with van der Waals surface area (Å²) in [4.78, 5) is 14.5. The second-order valence-electron chi connectivity index (χ2n) is 5.88. The maximum absolute atomic E-state index is 12.4. The van der Waals surface area contributed by atoms with Crippen molar-refractivity contribution < 1.29 is 14.3 Å². The van der Waals surface area contributed by atoms with E-state index in [0.717, 1.165) is 27.9 Å². The van der Waals surface area contributed by atoms with E-state index in [9.17, 15) is 4.79 Å². The Labute approximate surface area is 148 Å². The lowest BCUT2D eigenvalue weighted by atomic mass is 10.0. The van der Waals surface area contributed by atoms with Crippen molar-refractivity contribution >= 4 is 27.5 Å². The van der Waals surface area contributed by atoms with Crippen LogP contribution in [0, 0.1) is 0 Å². The van der Waals surface area contributed by atoms with E-state index in [1.807, 2.05) is 43.4 Å². The molecule has 0 radical (unpaired) electrons. The molecule has 2 aliphatic rings. The zero-order valence-corrected chi connectivity index (χ0v) is 14.8. The van der Waals surface area contributed by atoms with Gasteiger partial charge in [0.25, 0.3) is 5.91 Å². The van der Waals surface area contributed by atoms with Crippen molar-refractivity contribution in [3.8, 4) is 11.5 Å². The van der Waals surface area contributed by atoms with E-state index in [4.69, 9.17) is 9.47 Å². The Kier molecular flexibility index (Phi) is 3.84. The fraction of sp³-hybridized carbons (Fsp3) is 0.278. The van der Waals surface area contributed by atoms with E-state index in [0.29, 0.717) is 24.5 Å². The molecule has 1 unspecified atom stereocenters. The van der Waals surface area contributed by atoms with Gasteiger partial charge < -0.3 is 19.7 Å². The van der Waals surface area contributed by atoms with Gasteiger partial charge in [-0.3, -0.25) is 4.79 Å². The van der Waals surface area contributed by atoms with Crippen molar-refractivity contribution in [3.05, 3.63) is 52.0 Å². The van der Waals surface area contributed by atoms with Gasteiger partial charge in [0.15, 0.2) is 11.5 Å². The van der Waals surface area contributed by atoms with Gasteiger partial charge in [0.2, 0.25) is 0 Å². The first-order chi connectivity index (χ1) is 11.6. The van der Waals surface area contributed by atoms with E-state index in [1.54, 1.807) is 0 Å². The zero-order valence-electron chi connectivity index (χ0n) is 13.2. The minimum atomic E-state index is -0.263. The number of hydrogen-bond donors (Lipinski definition) is 1. The second kappa shape index (κ2) is 6.02. The molecule has 2 aliphatic heterocycles. The van der Waals surface area contributed by atoms with E-state index in [1.165, 1.54) is 0 Å². The summed E-state index contributed by atoms with van der Waals surface area (Å²) in [5.41, 5.74) is 2.54. The Morgan fingerprint density at radius 3 is 2.88 bits per heavy atom. The van der Waals surface area contributed by atoms with Crippen LogP contribution in [0.2, 0.25) is 0 Å². The van der Waals surface area contributed by atoms with Gasteiger partial charge in [-0.2, -0.15) is 0 Å². The van der Waals surface area contributed by atoms with Crippen LogP contribution < -0.4 is 19.7 Å². The molecule has 2 heterocycles. The summed E-state index contributed by atoms with van der Waals surface area (Å²) >= 11 is 3.56. The quantitative estimate of drug-likeness (QED) is 0.812. The minimum Gasteiger partial charge on any atom is -0.490 e. The number of carbonyl (C=O) groups is 1. The largest absolute Gasteiger partial charge is 0.490 e. The van der Waals surface area contributed by atoms with Gasteiger partial charge in [-0.05, 0) is 45.8 Å². The number of fused-ring (bicyclic) bond motifs is 2. The van der Waals surface area contributed by atoms with Gasteiger partial charge in [0.1, 0.15) is 6.17 Å². The molecule has 0 aliphatic carbocycles. The first-order valence-corrected chi connectivity index (χ1v) is 8.66. The number of anilines is 1. The molecule has 0 saturated heterocycles. The summed E-state index contributed by atoms with van der Waals surface area (Å²) in [5, 5.41) is 3.06. The van der Waals surface area contributed by atoms with Gasteiger partial charge in [-0.15, -0.1) is 0 Å². The molecule has 24 heavy (non-hydrogen) atoms. The molecule has 5 nitrogen and oxygen atoms in total. The van der Waals surface area contributed by atoms with E-state index >= 15 is 0 Å². The molecule has 0 bridgehead atoms. The van der Waals surface area contributed by atoms with Gasteiger partial charge >= 0.3 is 0 Å². The van der Waals surface area contributed by atoms with Crippen LogP contribution in [0.1, 0.15) is 28.5 Å². The zero-order chi connectivity index (χ0) is 16.7. The number of ether oxygens (including phenoxy) is 2. The summed E-state index contributed by atoms with van der Waals surface area (Å²) in [6, 6.07) is 11.5. The van der Waals surface area contributed by atoms with Crippen molar-refractivity contribution in [1.82, 2.24) is 5.32 Å². The summed E-state index contributed by atoms with van der Waals surface area (Å²) < 4.78 is 12.4. The molecule has 0 spiro atoms. The van der Waals surface area contributed by atoms with Gasteiger partial charge in [0, 0.05) is 13.5 Å². The van der Waals surface area contributed by atoms with Crippen LogP contribution in [-0.2, 0) is 0 Å². The Hall–Kier alpha value is -2.21. The van der Waals surface area contributed by atoms with Gasteiger partial charge in [0.05, 0.1) is 28.9 Å². The number of para-hydroxylation sites is 1. The topological polar surface area (TPSA) is 50.8 Å². The van der Waals surface area contributed by atoms with Crippen LogP contribution in [0.5, 0.6) is 11.5 Å². The molecule has 2 aromatic carbocycles. The summed E-state index contributed by atoms with van der Waals surface area (Å²) in [7, 11) is 1.97. The Morgan fingerprint density at radius 2 is 2.00 bits per heavy atom. The number of carbonyl (C=O) groups excluding carboxylic acids is 1. The molecule has 0 saturated carbocycles. The SMILES string of the molecule is CN1c2ccccc2C(=O)NC1c1cc(Br)c2c(c1)OCCCO2. The number of rotatable bonds is 1. The van der Waals surface area contributed by atoms with E-state index in [2.05, 4.69) is 26.1 Å². The highest BCUT2D eigenvalue weighted by Gasteiger charge is 2.30. The number of benzene rings is 2. The summed E-state index contributed by atoms with van der Waals surface area (Å²) in [6.07, 6.45) is 0.588. The number of nitrogens with one attached hydrogen (secondary N) is 1. The summed E-state index contributed by atoms with van der Waals surface area (Å²) in [6.45, 7) is 1.26. The van der Waals surface area contributed by atoms with Crippen LogP contribution in [0.25, 0.3) is 0 Å². The van der Waals surface area contributed by atoms with Crippen LogP contribution in [0.3, 0.4) is 0 Å². The molecule has 0 fully saturated rings. The number of nitrogens with zero attached hydrogens (tertiary/aromatic N) is 1. The summed E-state index contributed by atoms with van der Waals surface area (Å²) in [5.74, 6) is 1.36. The molecule has 1 amide bonds. The van der Waals surface area contributed by atoms with E-state index in [-0.39, 0.29) is 12.1 Å². The van der Waals surface area contributed by atoms with Gasteiger partial charge in [-0.25, -0.2) is 0 Å². The highest BCUT2D eigenvalue weighted by Crippen LogP contribution is 2.41. The van der Waals surface area contributed by atoms with Crippen molar-refractivity contribution in [2.45, 2.75) is 12.6 Å². The average Bonchev–Trinajstić information content (AvgIpc) is 2.84. The highest BCUT2D eigenvalue weighted by molar-refractivity contribution is 9.10. The molecule has 2 aromatic rings. The lowest BCUT2D eigenvalue weighted by Crippen LogP contribution is -2.44. The molecule has 4 rings (SSSR count). The molecule has 124 valence electrons. The lowest BCUT2D eigenvalue weighted by Gasteiger charge is -2.36. The molecule has 1 N–H and O–H groups in total. The molecule has 1 atom stereocenters. The maximum atomic E-state index is 12.4. The standard InChI is InChI=1S/C18H17BrN2O3/c1-21-14-6-3-2-5-12(14)18(22)20-17(21)11-9-13(19)16-15(10-11)23-7-4-8-24-16/h2-3,5-6,9-10,17H,4,7-8H2,1H3,(H,20,22). The molecule has 6 heteroatoms. The fourth-order valence-electron chi connectivity index (χ4n) is 3.13. The monoisotopic (exact) mass is 388 g/mol. The number of halogens is 1. The number of hydrogen-bond acceptors (Lipinski definition) is 4. The predicted octanol–water partition coefficient (Wildman–Crippen LogP) is 3.49.